The second-order valence-electron chi connectivity index (χ2n) is 7.78. The minimum Gasteiger partial charge on any atom is -0.474 e. The Balaban J connectivity index is 1.17. The summed E-state index contributed by atoms with van der Waals surface area (Å²) in [7, 11) is 1.52. The zero-order valence-corrected chi connectivity index (χ0v) is 17.0. The molecule has 0 N–H and O–H groups in total. The molecule has 0 radical (unpaired) electrons. The van der Waals surface area contributed by atoms with E-state index in [-0.39, 0.29) is 31.8 Å². The summed E-state index contributed by atoms with van der Waals surface area (Å²) in [5.41, 5.74) is -0.133. The highest BCUT2D eigenvalue weighted by atomic mass is 19.1. The van der Waals surface area contributed by atoms with Crippen LogP contribution in [0.2, 0.25) is 0 Å². The number of alkyl halides is 1. The first-order valence-electron chi connectivity index (χ1n) is 10.1. The van der Waals surface area contributed by atoms with E-state index in [2.05, 4.69) is 15.1 Å². The smallest absolute Gasteiger partial charge is 0.256 e. The lowest BCUT2D eigenvalue weighted by atomic mass is 9.74. The van der Waals surface area contributed by atoms with E-state index in [1.807, 2.05) is 0 Å². The van der Waals surface area contributed by atoms with Gasteiger partial charge in [0.2, 0.25) is 11.8 Å². The van der Waals surface area contributed by atoms with Gasteiger partial charge in [-0.1, -0.05) is 0 Å². The number of aromatic nitrogens is 3. The van der Waals surface area contributed by atoms with Crippen molar-refractivity contribution < 1.29 is 27.9 Å². The normalized spacial score (nSPS) is 22.6. The van der Waals surface area contributed by atoms with Crippen LogP contribution in [0.25, 0.3) is 11.3 Å². The Bertz CT molecular complexity index is 1030. The van der Waals surface area contributed by atoms with Crippen molar-refractivity contribution in [3.63, 3.8) is 0 Å². The van der Waals surface area contributed by atoms with Gasteiger partial charge in [-0.15, -0.1) is 0 Å². The molecule has 0 aromatic carbocycles. The first kappa shape index (κ1) is 19.7. The van der Waals surface area contributed by atoms with Crippen LogP contribution in [0.1, 0.15) is 31.2 Å². The predicted molar refractivity (Wildman–Crippen MR) is 107 cm³/mol. The van der Waals surface area contributed by atoms with Crippen molar-refractivity contribution in [3.05, 3.63) is 48.3 Å². The summed E-state index contributed by atoms with van der Waals surface area (Å²) in [6, 6.07) is 8.57. The second kappa shape index (κ2) is 8.14. The number of nitrogens with zero attached hydrogens (tertiary/aromatic N) is 3. The molecule has 0 unspecified atom stereocenters. The first-order valence-corrected chi connectivity index (χ1v) is 10.1. The van der Waals surface area contributed by atoms with Gasteiger partial charge in [-0.25, -0.2) is 14.4 Å². The van der Waals surface area contributed by atoms with Crippen LogP contribution in [0, 0.1) is 0 Å². The van der Waals surface area contributed by atoms with E-state index in [1.54, 1.807) is 42.7 Å². The highest BCUT2D eigenvalue weighted by Crippen LogP contribution is 2.47. The van der Waals surface area contributed by atoms with E-state index >= 15 is 4.39 Å². The van der Waals surface area contributed by atoms with Gasteiger partial charge >= 0.3 is 0 Å². The van der Waals surface area contributed by atoms with Gasteiger partial charge in [-0.05, 0) is 35.7 Å². The SMILES string of the molecule is COCOc1cc(-c2ccc(OC3CC(F)(c4ccnc(OC5CC5)c4)C3)nc2)on1. The molecule has 2 aliphatic carbocycles. The van der Waals surface area contributed by atoms with Gasteiger partial charge in [0.1, 0.15) is 17.9 Å². The van der Waals surface area contributed by atoms with E-state index in [0.29, 0.717) is 29.0 Å². The molecule has 5 rings (SSSR count). The summed E-state index contributed by atoms with van der Waals surface area (Å²) in [4.78, 5) is 8.47. The molecule has 162 valence electrons. The quantitative estimate of drug-likeness (QED) is 0.473. The lowest BCUT2D eigenvalue weighted by Gasteiger charge is -2.41. The van der Waals surface area contributed by atoms with Gasteiger partial charge in [-0.3, -0.25) is 0 Å². The Kier molecular flexibility index (Phi) is 5.19. The van der Waals surface area contributed by atoms with Crippen LogP contribution < -0.4 is 14.2 Å². The molecular formula is C22H22FN3O5. The third-order valence-corrected chi connectivity index (χ3v) is 5.29. The molecule has 3 heterocycles. The summed E-state index contributed by atoms with van der Waals surface area (Å²) in [5.74, 6) is 1.76. The van der Waals surface area contributed by atoms with E-state index in [1.165, 1.54) is 7.11 Å². The Hall–Kier alpha value is -3.20. The monoisotopic (exact) mass is 427 g/mol. The Morgan fingerprint density at radius 1 is 1.03 bits per heavy atom. The van der Waals surface area contributed by atoms with Gasteiger partial charge in [-0.2, -0.15) is 0 Å². The summed E-state index contributed by atoms with van der Waals surface area (Å²) < 4.78 is 42.1. The van der Waals surface area contributed by atoms with Crippen LogP contribution in [0.15, 0.2) is 47.2 Å². The molecule has 9 heteroatoms. The van der Waals surface area contributed by atoms with Crippen LogP contribution in [0.5, 0.6) is 17.6 Å². The molecule has 0 spiro atoms. The number of hydrogen-bond donors (Lipinski definition) is 0. The van der Waals surface area contributed by atoms with Crippen molar-refractivity contribution in [2.45, 2.75) is 43.6 Å². The maximum atomic E-state index is 15.3. The molecule has 0 bridgehead atoms. The van der Waals surface area contributed by atoms with Crippen molar-refractivity contribution in [1.82, 2.24) is 15.1 Å². The zero-order valence-electron chi connectivity index (χ0n) is 17.0. The molecule has 0 aliphatic heterocycles. The topological polar surface area (TPSA) is 88.7 Å². The van der Waals surface area contributed by atoms with Crippen LogP contribution in [0.4, 0.5) is 4.39 Å². The van der Waals surface area contributed by atoms with Crippen molar-refractivity contribution in [1.29, 1.82) is 0 Å². The third-order valence-electron chi connectivity index (χ3n) is 5.29. The molecule has 0 amide bonds. The Morgan fingerprint density at radius 2 is 1.87 bits per heavy atom. The average Bonchev–Trinajstić information content (AvgIpc) is 3.45. The number of methoxy groups -OCH3 is 1. The van der Waals surface area contributed by atoms with Crippen molar-refractivity contribution >= 4 is 0 Å². The van der Waals surface area contributed by atoms with E-state index in [9.17, 15) is 0 Å². The largest absolute Gasteiger partial charge is 0.474 e. The number of pyridine rings is 2. The Labute approximate surface area is 178 Å². The van der Waals surface area contributed by atoms with Gasteiger partial charge in [0.25, 0.3) is 5.88 Å². The van der Waals surface area contributed by atoms with Gasteiger partial charge in [0.15, 0.2) is 12.6 Å². The van der Waals surface area contributed by atoms with Crippen molar-refractivity contribution in [2.75, 3.05) is 13.9 Å². The second-order valence-corrected chi connectivity index (χ2v) is 7.78. The van der Waals surface area contributed by atoms with Gasteiger partial charge < -0.3 is 23.5 Å². The van der Waals surface area contributed by atoms with Gasteiger partial charge in [0.05, 0.1) is 0 Å². The lowest BCUT2D eigenvalue weighted by Crippen LogP contribution is -2.44. The summed E-state index contributed by atoms with van der Waals surface area (Å²) in [5, 5.41) is 3.80. The first-order chi connectivity index (χ1) is 15.1. The molecule has 0 atom stereocenters. The minimum atomic E-state index is -1.44. The predicted octanol–water partition coefficient (Wildman–Crippen LogP) is 4.06. The van der Waals surface area contributed by atoms with E-state index < -0.39 is 5.67 Å². The third kappa shape index (κ3) is 4.46. The molecule has 2 saturated carbocycles. The van der Waals surface area contributed by atoms with Crippen molar-refractivity contribution in [3.8, 4) is 29.0 Å². The van der Waals surface area contributed by atoms with E-state index in [0.717, 1.165) is 18.4 Å². The molecule has 3 aromatic heterocycles. The molecule has 0 saturated heterocycles. The number of ether oxygens (including phenoxy) is 4. The summed E-state index contributed by atoms with van der Waals surface area (Å²) >= 11 is 0. The molecule has 3 aromatic rings. The highest BCUT2D eigenvalue weighted by molar-refractivity contribution is 5.57. The van der Waals surface area contributed by atoms with E-state index in [4.69, 9.17) is 23.5 Å². The fourth-order valence-corrected chi connectivity index (χ4v) is 3.44. The highest BCUT2D eigenvalue weighted by Gasteiger charge is 2.48. The van der Waals surface area contributed by atoms with Crippen LogP contribution in [-0.2, 0) is 10.4 Å². The summed E-state index contributed by atoms with van der Waals surface area (Å²) in [6.07, 6.45) is 5.77. The number of rotatable bonds is 9. The minimum absolute atomic E-state index is 0.0861. The standard InChI is InChI=1S/C22H22FN3O5/c1-27-13-28-21-9-18(31-26-21)14-2-5-19(25-12-14)30-17-10-22(23,11-17)15-6-7-24-20(8-15)29-16-3-4-16/h2,5-9,12,16-17H,3-4,10-11,13H2,1H3. The van der Waals surface area contributed by atoms with Crippen LogP contribution in [0.3, 0.4) is 0 Å². The molecule has 31 heavy (non-hydrogen) atoms. The maximum absolute atomic E-state index is 15.3. The molecule has 2 aliphatic rings. The van der Waals surface area contributed by atoms with Gasteiger partial charge in [0, 0.05) is 56.1 Å². The molecule has 8 nitrogen and oxygen atoms in total. The van der Waals surface area contributed by atoms with Crippen LogP contribution in [-0.4, -0.2) is 41.2 Å². The van der Waals surface area contributed by atoms with Crippen molar-refractivity contribution in [2.24, 2.45) is 0 Å². The lowest BCUT2D eigenvalue weighted by molar-refractivity contribution is -0.0487. The maximum Gasteiger partial charge on any atom is 0.256 e. The average molecular weight is 427 g/mol. The zero-order chi connectivity index (χ0) is 21.3. The molecule has 2 fully saturated rings. The number of halogens is 1. The van der Waals surface area contributed by atoms with Crippen LogP contribution >= 0.6 is 0 Å². The number of hydrogen-bond acceptors (Lipinski definition) is 8. The summed E-state index contributed by atoms with van der Waals surface area (Å²) in [6.45, 7) is 0.0861. The fraction of sp³-hybridized carbons (Fsp3) is 0.409. The Morgan fingerprint density at radius 3 is 2.61 bits per heavy atom. The fourth-order valence-electron chi connectivity index (χ4n) is 3.44. The molecular weight excluding hydrogens is 405 g/mol.